The molecule has 1 aliphatic rings. The molecule has 0 aliphatic heterocycles. The molecule has 0 fully saturated rings. The maximum atomic E-state index is 12.7. The molecule has 0 atom stereocenters. The number of nitrogens with zero attached hydrogens (tertiary/aromatic N) is 2. The quantitative estimate of drug-likeness (QED) is 0.520. The van der Waals surface area contributed by atoms with Gasteiger partial charge in [-0.2, -0.15) is 0 Å². The van der Waals surface area contributed by atoms with E-state index in [-0.39, 0.29) is 5.78 Å². The summed E-state index contributed by atoms with van der Waals surface area (Å²) in [4.78, 5) is 18.9. The second kappa shape index (κ2) is 6.61. The molecular weight excluding hydrogens is 308 g/mol. The molecule has 3 heteroatoms. The molecule has 1 aromatic heterocycles. The van der Waals surface area contributed by atoms with Gasteiger partial charge in [-0.3, -0.25) is 14.7 Å². The lowest BCUT2D eigenvalue weighted by molar-refractivity contribution is 0.0943. The van der Waals surface area contributed by atoms with Crippen LogP contribution in [0.5, 0.6) is 0 Å². The Labute approximate surface area is 148 Å². The van der Waals surface area contributed by atoms with Crippen molar-refractivity contribution < 1.29 is 4.79 Å². The number of ketones is 1. The van der Waals surface area contributed by atoms with Crippen LogP contribution in [-0.4, -0.2) is 29.3 Å². The van der Waals surface area contributed by atoms with Gasteiger partial charge in [0.15, 0.2) is 5.78 Å². The summed E-state index contributed by atoms with van der Waals surface area (Å²) in [6.07, 6.45) is 4.56. The van der Waals surface area contributed by atoms with Gasteiger partial charge in [0.05, 0.1) is 6.54 Å². The average molecular weight is 328 g/mol. The molecule has 0 amide bonds. The van der Waals surface area contributed by atoms with Gasteiger partial charge in [0.1, 0.15) is 0 Å². The molecule has 25 heavy (non-hydrogen) atoms. The molecule has 4 rings (SSSR count). The Morgan fingerprint density at radius 1 is 1.04 bits per heavy atom. The van der Waals surface area contributed by atoms with Gasteiger partial charge < -0.3 is 0 Å². The van der Waals surface area contributed by atoms with Gasteiger partial charge in [-0.1, -0.05) is 42.5 Å². The van der Waals surface area contributed by atoms with E-state index in [0.717, 1.165) is 17.5 Å². The van der Waals surface area contributed by atoms with Gasteiger partial charge in [-0.25, -0.2) is 0 Å². The van der Waals surface area contributed by atoms with Gasteiger partial charge in [0, 0.05) is 24.5 Å². The first-order valence-corrected chi connectivity index (χ1v) is 8.52. The number of benzene rings is 2. The molecule has 0 bridgehead atoms. The Morgan fingerprint density at radius 3 is 2.72 bits per heavy atom. The smallest absolute Gasteiger partial charge is 0.176 e. The minimum atomic E-state index is 0.151. The molecule has 0 saturated heterocycles. The molecule has 3 aromatic rings. The zero-order valence-corrected chi connectivity index (χ0v) is 14.3. The summed E-state index contributed by atoms with van der Waals surface area (Å²) in [6.45, 7) is 1.11. The largest absolute Gasteiger partial charge is 0.295 e. The van der Waals surface area contributed by atoms with E-state index in [1.54, 1.807) is 6.20 Å². The van der Waals surface area contributed by atoms with Crippen molar-refractivity contribution in [3.05, 3.63) is 89.2 Å². The molecule has 0 spiro atoms. The number of carbonyl (C=O) groups excluding carboxylic acids is 1. The molecule has 124 valence electrons. The maximum absolute atomic E-state index is 12.7. The topological polar surface area (TPSA) is 33.2 Å². The summed E-state index contributed by atoms with van der Waals surface area (Å²) < 4.78 is 0. The van der Waals surface area contributed by atoms with Crippen LogP contribution in [0.4, 0.5) is 0 Å². The van der Waals surface area contributed by atoms with E-state index in [1.165, 1.54) is 22.3 Å². The van der Waals surface area contributed by atoms with Crippen molar-refractivity contribution in [3.8, 4) is 11.1 Å². The minimum absolute atomic E-state index is 0.151. The number of hydrogen-bond donors (Lipinski definition) is 0. The Balaban J connectivity index is 1.50. The fourth-order valence-electron chi connectivity index (χ4n) is 3.49. The normalized spacial score (nSPS) is 12.1. The number of Topliss-reactive ketones (excluding diaryl/α,β-unsaturated/α-hetero) is 1. The Hall–Kier alpha value is -2.78. The Bertz CT molecular complexity index is 918. The van der Waals surface area contributed by atoms with Crippen molar-refractivity contribution in [2.75, 3.05) is 13.6 Å². The van der Waals surface area contributed by atoms with Crippen LogP contribution in [0, 0.1) is 0 Å². The first-order valence-electron chi connectivity index (χ1n) is 8.52. The van der Waals surface area contributed by atoms with Gasteiger partial charge in [-0.05, 0) is 53.4 Å². The van der Waals surface area contributed by atoms with E-state index in [4.69, 9.17) is 0 Å². The first-order chi connectivity index (χ1) is 12.2. The summed E-state index contributed by atoms with van der Waals surface area (Å²) in [7, 11) is 1.97. The molecule has 0 radical (unpaired) electrons. The first kappa shape index (κ1) is 15.7. The number of rotatable bonds is 5. The average Bonchev–Trinajstić information content (AvgIpc) is 3.00. The van der Waals surface area contributed by atoms with Crippen LogP contribution in [-0.2, 0) is 13.0 Å². The molecular formula is C22H20N2O. The van der Waals surface area contributed by atoms with Crippen LogP contribution in [0.2, 0.25) is 0 Å². The number of pyridine rings is 1. The Kier molecular flexibility index (Phi) is 4.16. The van der Waals surface area contributed by atoms with Crippen LogP contribution in [0.3, 0.4) is 0 Å². The van der Waals surface area contributed by atoms with Gasteiger partial charge in [0.25, 0.3) is 0 Å². The lowest BCUT2D eigenvalue weighted by Crippen LogP contribution is -2.25. The van der Waals surface area contributed by atoms with Crippen molar-refractivity contribution >= 4 is 5.78 Å². The van der Waals surface area contributed by atoms with Crippen LogP contribution >= 0.6 is 0 Å². The monoisotopic (exact) mass is 328 g/mol. The predicted molar refractivity (Wildman–Crippen MR) is 99.6 cm³/mol. The highest BCUT2D eigenvalue weighted by Gasteiger charge is 2.19. The van der Waals surface area contributed by atoms with Crippen LogP contribution in [0.15, 0.2) is 67.0 Å². The SMILES string of the molecule is CN(CC(=O)c1ccc2c(c1)-c1ccccc1C2)Cc1cccnc1. The zero-order chi connectivity index (χ0) is 17.2. The standard InChI is InChI=1S/C22H20N2O/c1-24(14-16-5-4-10-23-13-16)15-22(25)19-9-8-18-11-17-6-2-3-7-20(17)21(18)12-19/h2-10,12-13H,11,14-15H2,1H3. The lowest BCUT2D eigenvalue weighted by Gasteiger charge is -2.16. The zero-order valence-electron chi connectivity index (χ0n) is 14.3. The van der Waals surface area contributed by atoms with Crippen molar-refractivity contribution in [1.29, 1.82) is 0 Å². The lowest BCUT2D eigenvalue weighted by atomic mass is 10.0. The van der Waals surface area contributed by atoms with E-state index in [2.05, 4.69) is 41.4 Å². The molecule has 3 nitrogen and oxygen atoms in total. The minimum Gasteiger partial charge on any atom is -0.295 e. The molecule has 1 heterocycles. The summed E-state index contributed by atoms with van der Waals surface area (Å²) in [5, 5.41) is 0. The second-order valence-corrected chi connectivity index (χ2v) is 6.66. The van der Waals surface area contributed by atoms with Crippen molar-refractivity contribution in [2.24, 2.45) is 0 Å². The molecule has 0 unspecified atom stereocenters. The summed E-state index contributed by atoms with van der Waals surface area (Å²) in [5.41, 5.74) is 7.01. The van der Waals surface area contributed by atoms with E-state index >= 15 is 0 Å². The number of likely N-dealkylation sites (N-methyl/N-ethyl adjacent to an activating group) is 1. The third-order valence-corrected chi connectivity index (χ3v) is 4.71. The number of carbonyl (C=O) groups is 1. The predicted octanol–water partition coefficient (Wildman–Crippen LogP) is 3.97. The molecule has 0 saturated carbocycles. The van der Waals surface area contributed by atoms with E-state index < -0.39 is 0 Å². The number of hydrogen-bond acceptors (Lipinski definition) is 3. The highest BCUT2D eigenvalue weighted by atomic mass is 16.1. The Morgan fingerprint density at radius 2 is 1.88 bits per heavy atom. The number of aromatic nitrogens is 1. The molecule has 2 aromatic carbocycles. The third-order valence-electron chi connectivity index (χ3n) is 4.71. The van der Waals surface area contributed by atoms with Crippen molar-refractivity contribution in [1.82, 2.24) is 9.88 Å². The van der Waals surface area contributed by atoms with Gasteiger partial charge >= 0.3 is 0 Å². The van der Waals surface area contributed by atoms with E-state index in [0.29, 0.717) is 13.1 Å². The van der Waals surface area contributed by atoms with Crippen LogP contribution < -0.4 is 0 Å². The summed E-state index contributed by atoms with van der Waals surface area (Å²) >= 11 is 0. The number of fused-ring (bicyclic) bond motifs is 3. The van der Waals surface area contributed by atoms with Crippen molar-refractivity contribution in [3.63, 3.8) is 0 Å². The fourth-order valence-corrected chi connectivity index (χ4v) is 3.49. The fraction of sp³-hybridized carbons (Fsp3) is 0.182. The van der Waals surface area contributed by atoms with Crippen LogP contribution in [0.1, 0.15) is 27.0 Å². The van der Waals surface area contributed by atoms with Crippen LogP contribution in [0.25, 0.3) is 11.1 Å². The van der Waals surface area contributed by atoms with Gasteiger partial charge in [0.2, 0.25) is 0 Å². The summed E-state index contributed by atoms with van der Waals surface area (Å²) in [5.74, 6) is 0.151. The molecule has 1 aliphatic carbocycles. The highest BCUT2D eigenvalue weighted by molar-refractivity contribution is 5.99. The maximum Gasteiger partial charge on any atom is 0.176 e. The second-order valence-electron chi connectivity index (χ2n) is 6.66. The van der Waals surface area contributed by atoms with Gasteiger partial charge in [-0.15, -0.1) is 0 Å². The third kappa shape index (κ3) is 3.24. The summed E-state index contributed by atoms with van der Waals surface area (Å²) in [6, 6.07) is 18.5. The van der Waals surface area contributed by atoms with E-state index in [9.17, 15) is 4.79 Å². The molecule has 0 N–H and O–H groups in total. The van der Waals surface area contributed by atoms with E-state index in [1.807, 2.05) is 36.3 Å². The van der Waals surface area contributed by atoms with Crippen molar-refractivity contribution in [2.45, 2.75) is 13.0 Å². The highest BCUT2D eigenvalue weighted by Crippen LogP contribution is 2.36.